The molecule has 2 fully saturated rings. The Morgan fingerprint density at radius 3 is 3.00 bits per heavy atom. The van der Waals surface area contributed by atoms with Crippen LogP contribution in [0.2, 0.25) is 5.02 Å². The first-order valence-electron chi connectivity index (χ1n) is 6.35. The van der Waals surface area contributed by atoms with Crippen LogP contribution in [0.1, 0.15) is 25.7 Å². The highest BCUT2D eigenvalue weighted by Crippen LogP contribution is 2.50. The molecule has 0 heterocycles. The molecule has 2 aliphatic rings. The fourth-order valence-electron chi connectivity index (χ4n) is 3.07. The van der Waals surface area contributed by atoms with Crippen LogP contribution in [-0.2, 0) is 0 Å². The SMILES string of the molecule is O=[N+]([O-])c1ccc(Cl)cc1NC1CCCC2CC21. The van der Waals surface area contributed by atoms with Crippen molar-refractivity contribution in [3.63, 3.8) is 0 Å². The molecule has 0 spiro atoms. The van der Waals surface area contributed by atoms with Gasteiger partial charge in [0.15, 0.2) is 0 Å². The molecule has 2 saturated carbocycles. The van der Waals surface area contributed by atoms with E-state index in [2.05, 4.69) is 5.32 Å². The van der Waals surface area contributed by atoms with E-state index in [1.165, 1.54) is 25.3 Å². The summed E-state index contributed by atoms with van der Waals surface area (Å²) in [6.45, 7) is 0. The number of halogens is 1. The number of hydrogen-bond acceptors (Lipinski definition) is 3. The molecule has 0 aliphatic heterocycles. The van der Waals surface area contributed by atoms with Crippen LogP contribution in [-0.4, -0.2) is 11.0 Å². The summed E-state index contributed by atoms with van der Waals surface area (Å²) in [5, 5.41) is 14.9. The van der Waals surface area contributed by atoms with Crippen molar-refractivity contribution in [3.8, 4) is 0 Å². The Bertz CT molecular complexity index is 492. The zero-order chi connectivity index (χ0) is 12.7. The van der Waals surface area contributed by atoms with E-state index in [0.717, 1.165) is 12.3 Å². The summed E-state index contributed by atoms with van der Waals surface area (Å²) in [4.78, 5) is 10.6. The van der Waals surface area contributed by atoms with Gasteiger partial charge in [-0.15, -0.1) is 0 Å². The van der Waals surface area contributed by atoms with Gasteiger partial charge in [0.25, 0.3) is 5.69 Å². The van der Waals surface area contributed by atoms with Gasteiger partial charge in [0.1, 0.15) is 5.69 Å². The summed E-state index contributed by atoms with van der Waals surface area (Å²) in [5.41, 5.74) is 0.673. The molecule has 0 radical (unpaired) electrons. The molecule has 3 rings (SSSR count). The predicted molar refractivity (Wildman–Crippen MR) is 71.0 cm³/mol. The standard InChI is InChI=1S/C13H15ClN2O2/c14-9-4-5-13(16(17)18)12(7-9)15-11-3-1-2-8-6-10(8)11/h4-5,7-8,10-11,15H,1-3,6H2. The first-order chi connectivity index (χ1) is 8.65. The number of fused-ring (bicyclic) bond motifs is 1. The van der Waals surface area contributed by atoms with Crippen molar-refractivity contribution in [3.05, 3.63) is 33.3 Å². The lowest BCUT2D eigenvalue weighted by atomic mass is 9.95. The normalized spacial score (nSPS) is 29.5. The smallest absolute Gasteiger partial charge is 0.292 e. The largest absolute Gasteiger partial charge is 0.376 e. The molecule has 0 amide bonds. The minimum absolute atomic E-state index is 0.113. The molecule has 0 aromatic heterocycles. The van der Waals surface area contributed by atoms with Crippen LogP contribution in [0.25, 0.3) is 0 Å². The molecule has 3 unspecified atom stereocenters. The monoisotopic (exact) mass is 266 g/mol. The number of nitro benzene ring substituents is 1. The lowest BCUT2D eigenvalue weighted by Gasteiger charge is -2.23. The third-order valence-electron chi connectivity index (χ3n) is 4.08. The topological polar surface area (TPSA) is 55.2 Å². The Morgan fingerprint density at radius 1 is 1.39 bits per heavy atom. The van der Waals surface area contributed by atoms with Gasteiger partial charge in [-0.05, 0) is 36.8 Å². The van der Waals surface area contributed by atoms with Crippen LogP contribution in [0, 0.1) is 22.0 Å². The molecule has 0 bridgehead atoms. The number of nitrogens with one attached hydrogen (secondary N) is 1. The molecule has 18 heavy (non-hydrogen) atoms. The van der Waals surface area contributed by atoms with E-state index in [0.29, 0.717) is 22.7 Å². The van der Waals surface area contributed by atoms with E-state index in [1.54, 1.807) is 12.1 Å². The van der Waals surface area contributed by atoms with Gasteiger partial charge in [-0.2, -0.15) is 0 Å². The molecule has 2 aliphatic carbocycles. The van der Waals surface area contributed by atoms with Gasteiger partial charge in [0, 0.05) is 17.1 Å². The van der Waals surface area contributed by atoms with Gasteiger partial charge < -0.3 is 5.32 Å². The Labute approximate surface area is 110 Å². The number of nitrogens with zero attached hydrogens (tertiary/aromatic N) is 1. The second-order valence-electron chi connectivity index (χ2n) is 5.26. The number of benzene rings is 1. The van der Waals surface area contributed by atoms with Crippen molar-refractivity contribution < 1.29 is 4.92 Å². The molecule has 3 atom stereocenters. The first-order valence-corrected chi connectivity index (χ1v) is 6.73. The van der Waals surface area contributed by atoms with E-state index < -0.39 is 0 Å². The lowest BCUT2D eigenvalue weighted by Crippen LogP contribution is -2.25. The number of hydrogen-bond donors (Lipinski definition) is 1. The third kappa shape index (κ3) is 2.17. The summed E-state index contributed by atoms with van der Waals surface area (Å²) >= 11 is 5.92. The molecule has 1 aromatic rings. The van der Waals surface area contributed by atoms with Gasteiger partial charge >= 0.3 is 0 Å². The number of rotatable bonds is 3. The van der Waals surface area contributed by atoms with Gasteiger partial charge in [-0.25, -0.2) is 0 Å². The summed E-state index contributed by atoms with van der Waals surface area (Å²) in [5.74, 6) is 1.55. The van der Waals surface area contributed by atoms with Crippen molar-refractivity contribution in [2.45, 2.75) is 31.7 Å². The van der Waals surface area contributed by atoms with Crippen LogP contribution < -0.4 is 5.32 Å². The van der Waals surface area contributed by atoms with Crippen LogP contribution in [0.4, 0.5) is 11.4 Å². The second kappa shape index (κ2) is 4.43. The summed E-state index contributed by atoms with van der Waals surface area (Å²) in [6.07, 6.45) is 4.91. The molecule has 1 aromatic carbocycles. The van der Waals surface area contributed by atoms with Crippen molar-refractivity contribution in [2.75, 3.05) is 5.32 Å². The maximum Gasteiger partial charge on any atom is 0.292 e. The third-order valence-corrected chi connectivity index (χ3v) is 4.32. The summed E-state index contributed by atoms with van der Waals surface area (Å²) in [7, 11) is 0. The molecule has 1 N–H and O–H groups in total. The predicted octanol–water partition coefficient (Wildman–Crippen LogP) is 3.85. The van der Waals surface area contributed by atoms with Crippen LogP contribution in [0.3, 0.4) is 0 Å². The van der Waals surface area contributed by atoms with Crippen molar-refractivity contribution >= 4 is 23.0 Å². The average molecular weight is 267 g/mol. The van der Waals surface area contributed by atoms with Gasteiger partial charge in [-0.3, -0.25) is 10.1 Å². The highest BCUT2D eigenvalue weighted by molar-refractivity contribution is 6.31. The van der Waals surface area contributed by atoms with E-state index in [9.17, 15) is 10.1 Å². The van der Waals surface area contributed by atoms with Crippen molar-refractivity contribution in [1.29, 1.82) is 0 Å². The maximum atomic E-state index is 11.0. The second-order valence-corrected chi connectivity index (χ2v) is 5.70. The van der Waals surface area contributed by atoms with E-state index in [1.807, 2.05) is 0 Å². The van der Waals surface area contributed by atoms with Gasteiger partial charge in [0.2, 0.25) is 0 Å². The lowest BCUT2D eigenvalue weighted by molar-refractivity contribution is -0.384. The van der Waals surface area contributed by atoms with E-state index >= 15 is 0 Å². The van der Waals surface area contributed by atoms with E-state index in [4.69, 9.17) is 11.6 Å². The number of nitro groups is 1. The van der Waals surface area contributed by atoms with Crippen LogP contribution >= 0.6 is 11.6 Å². The summed E-state index contributed by atoms with van der Waals surface area (Å²) < 4.78 is 0. The number of anilines is 1. The minimum Gasteiger partial charge on any atom is -0.376 e. The van der Waals surface area contributed by atoms with Crippen LogP contribution in [0.15, 0.2) is 18.2 Å². The Kier molecular flexibility index (Phi) is 2.90. The fraction of sp³-hybridized carbons (Fsp3) is 0.538. The van der Waals surface area contributed by atoms with Crippen molar-refractivity contribution in [2.24, 2.45) is 11.8 Å². The van der Waals surface area contributed by atoms with Crippen LogP contribution in [0.5, 0.6) is 0 Å². The Morgan fingerprint density at radius 2 is 2.22 bits per heavy atom. The molecule has 0 saturated heterocycles. The van der Waals surface area contributed by atoms with Gasteiger partial charge in [0.05, 0.1) is 4.92 Å². The zero-order valence-corrected chi connectivity index (χ0v) is 10.7. The summed E-state index contributed by atoms with van der Waals surface area (Å²) in [6, 6.07) is 5.07. The molecule has 4 nitrogen and oxygen atoms in total. The van der Waals surface area contributed by atoms with Crippen molar-refractivity contribution in [1.82, 2.24) is 0 Å². The molecule has 5 heteroatoms. The molecular formula is C13H15ClN2O2. The molecule has 96 valence electrons. The average Bonchev–Trinajstić information content (AvgIpc) is 3.09. The molecular weight excluding hydrogens is 252 g/mol. The Hall–Kier alpha value is -1.29. The Balaban J connectivity index is 1.82. The highest BCUT2D eigenvalue weighted by Gasteiger charge is 2.45. The van der Waals surface area contributed by atoms with E-state index in [-0.39, 0.29) is 10.6 Å². The van der Waals surface area contributed by atoms with Gasteiger partial charge in [-0.1, -0.05) is 24.4 Å². The quantitative estimate of drug-likeness (QED) is 0.668. The zero-order valence-electron chi connectivity index (χ0n) is 9.93. The highest BCUT2D eigenvalue weighted by atomic mass is 35.5. The fourth-order valence-corrected chi connectivity index (χ4v) is 3.24. The maximum absolute atomic E-state index is 11.0. The minimum atomic E-state index is -0.355. The first kappa shape index (κ1) is 11.8.